The third-order valence-electron chi connectivity index (χ3n) is 2.04. The van der Waals surface area contributed by atoms with Crippen molar-refractivity contribution in [3.8, 4) is 5.75 Å². The molecule has 0 amide bonds. The van der Waals surface area contributed by atoms with Gasteiger partial charge in [-0.05, 0) is 18.2 Å². The van der Waals surface area contributed by atoms with Crippen molar-refractivity contribution in [2.45, 2.75) is 12.2 Å². The summed E-state index contributed by atoms with van der Waals surface area (Å²) in [6, 6.07) is 2.92. The molecule has 0 aromatic heterocycles. The van der Waals surface area contributed by atoms with Crippen molar-refractivity contribution in [1.82, 2.24) is 0 Å². The molecule has 0 aliphatic rings. The van der Waals surface area contributed by atoms with Gasteiger partial charge in [0, 0.05) is 5.56 Å². The van der Waals surface area contributed by atoms with Gasteiger partial charge in [-0.2, -0.15) is 0 Å². The largest absolute Gasteiger partial charge is 0.508 e. The summed E-state index contributed by atoms with van der Waals surface area (Å²) in [6.07, 6.45) is -3.69. The molecule has 0 fully saturated rings. The number of benzene rings is 1. The van der Waals surface area contributed by atoms with E-state index in [9.17, 15) is 19.4 Å². The molecule has 1 rings (SSSR count). The van der Waals surface area contributed by atoms with Crippen molar-refractivity contribution < 1.29 is 29.2 Å². The average molecular weight is 230 g/mol. The number of carbonyl (C=O) groups is 1. The Balaban J connectivity index is 2.99. The summed E-state index contributed by atoms with van der Waals surface area (Å²) in [5.41, 5.74) is -0.377. The standard InChI is InChI=1S/C10H11FO5/c1-16-10(15)9(14)8(13)6-4-5(12)2-3-7(6)11/h2-4,8-9,12-14H,1H3. The zero-order valence-corrected chi connectivity index (χ0v) is 8.42. The lowest BCUT2D eigenvalue weighted by atomic mass is 10.0. The van der Waals surface area contributed by atoms with Gasteiger partial charge in [0.05, 0.1) is 7.11 Å². The summed E-state index contributed by atoms with van der Waals surface area (Å²) in [4.78, 5) is 10.9. The first-order chi connectivity index (χ1) is 7.47. The summed E-state index contributed by atoms with van der Waals surface area (Å²) in [5.74, 6) is -2.21. The number of aliphatic hydroxyl groups excluding tert-OH is 2. The molecule has 1 aromatic rings. The summed E-state index contributed by atoms with van der Waals surface area (Å²) in [7, 11) is 1.02. The average Bonchev–Trinajstić information content (AvgIpc) is 2.29. The maximum atomic E-state index is 13.2. The van der Waals surface area contributed by atoms with E-state index in [2.05, 4.69) is 4.74 Å². The number of esters is 1. The Bertz CT molecular complexity index is 393. The van der Waals surface area contributed by atoms with Crippen LogP contribution in [-0.2, 0) is 9.53 Å². The highest BCUT2D eigenvalue weighted by molar-refractivity contribution is 5.75. The minimum Gasteiger partial charge on any atom is -0.508 e. The van der Waals surface area contributed by atoms with Gasteiger partial charge in [0.15, 0.2) is 6.10 Å². The normalized spacial score (nSPS) is 14.2. The molecule has 5 nitrogen and oxygen atoms in total. The van der Waals surface area contributed by atoms with Crippen LogP contribution in [0.3, 0.4) is 0 Å². The minimum atomic E-state index is -1.90. The van der Waals surface area contributed by atoms with E-state index in [4.69, 9.17) is 5.11 Å². The van der Waals surface area contributed by atoms with Crippen LogP contribution in [0.15, 0.2) is 18.2 Å². The Hall–Kier alpha value is -1.66. The fraction of sp³-hybridized carbons (Fsp3) is 0.300. The molecular formula is C10H11FO5. The van der Waals surface area contributed by atoms with Crippen LogP contribution >= 0.6 is 0 Å². The highest BCUT2D eigenvalue weighted by Crippen LogP contribution is 2.24. The van der Waals surface area contributed by atoms with Gasteiger partial charge < -0.3 is 20.1 Å². The molecule has 6 heteroatoms. The zero-order chi connectivity index (χ0) is 12.3. The molecule has 2 unspecified atom stereocenters. The van der Waals surface area contributed by atoms with E-state index in [0.717, 1.165) is 25.3 Å². The van der Waals surface area contributed by atoms with Crippen molar-refractivity contribution in [2.75, 3.05) is 7.11 Å². The first-order valence-corrected chi connectivity index (χ1v) is 4.39. The van der Waals surface area contributed by atoms with Crippen molar-refractivity contribution in [2.24, 2.45) is 0 Å². The summed E-state index contributed by atoms with van der Waals surface area (Å²) in [6.45, 7) is 0. The molecule has 0 spiro atoms. The van der Waals surface area contributed by atoms with Crippen LogP contribution < -0.4 is 0 Å². The second-order valence-electron chi connectivity index (χ2n) is 3.12. The topological polar surface area (TPSA) is 87.0 Å². The van der Waals surface area contributed by atoms with E-state index in [1.807, 2.05) is 0 Å². The monoisotopic (exact) mass is 230 g/mol. The van der Waals surface area contributed by atoms with Gasteiger partial charge in [0.1, 0.15) is 17.7 Å². The Kier molecular flexibility index (Phi) is 3.81. The molecule has 3 N–H and O–H groups in total. The Morgan fingerprint density at radius 1 is 1.44 bits per heavy atom. The highest BCUT2D eigenvalue weighted by Gasteiger charge is 2.28. The second-order valence-corrected chi connectivity index (χ2v) is 3.12. The Morgan fingerprint density at radius 3 is 2.62 bits per heavy atom. The molecule has 0 radical (unpaired) electrons. The van der Waals surface area contributed by atoms with Crippen LogP contribution in [0.5, 0.6) is 5.75 Å². The van der Waals surface area contributed by atoms with Gasteiger partial charge in [-0.15, -0.1) is 0 Å². The molecule has 0 heterocycles. The minimum absolute atomic E-state index is 0.285. The van der Waals surface area contributed by atoms with Crippen molar-refractivity contribution in [3.05, 3.63) is 29.6 Å². The van der Waals surface area contributed by atoms with Crippen LogP contribution in [0.25, 0.3) is 0 Å². The van der Waals surface area contributed by atoms with Crippen LogP contribution in [-0.4, -0.2) is 34.5 Å². The van der Waals surface area contributed by atoms with E-state index in [0.29, 0.717) is 0 Å². The number of hydrogen-bond donors (Lipinski definition) is 3. The van der Waals surface area contributed by atoms with Gasteiger partial charge in [-0.3, -0.25) is 0 Å². The van der Waals surface area contributed by atoms with Crippen LogP contribution in [0.4, 0.5) is 4.39 Å². The lowest BCUT2D eigenvalue weighted by Crippen LogP contribution is -2.29. The van der Waals surface area contributed by atoms with Crippen molar-refractivity contribution in [3.63, 3.8) is 0 Å². The van der Waals surface area contributed by atoms with Crippen LogP contribution in [0.1, 0.15) is 11.7 Å². The molecule has 16 heavy (non-hydrogen) atoms. The number of phenols is 1. The number of methoxy groups -OCH3 is 1. The van der Waals surface area contributed by atoms with Crippen molar-refractivity contribution >= 4 is 5.97 Å². The van der Waals surface area contributed by atoms with Gasteiger partial charge in [0.2, 0.25) is 0 Å². The van der Waals surface area contributed by atoms with Crippen LogP contribution in [0, 0.1) is 5.82 Å². The number of hydrogen-bond acceptors (Lipinski definition) is 5. The third kappa shape index (κ3) is 2.47. The lowest BCUT2D eigenvalue weighted by Gasteiger charge is -2.16. The summed E-state index contributed by atoms with van der Waals surface area (Å²) < 4.78 is 17.4. The first kappa shape index (κ1) is 12.4. The van der Waals surface area contributed by atoms with E-state index in [1.54, 1.807) is 0 Å². The number of halogens is 1. The van der Waals surface area contributed by atoms with Gasteiger partial charge >= 0.3 is 5.97 Å². The first-order valence-electron chi connectivity index (χ1n) is 4.39. The maximum Gasteiger partial charge on any atom is 0.337 e. The zero-order valence-electron chi connectivity index (χ0n) is 8.42. The molecule has 0 aliphatic heterocycles. The number of phenolic OH excluding ortho intramolecular Hbond substituents is 1. The number of aliphatic hydroxyl groups is 2. The maximum absolute atomic E-state index is 13.2. The number of rotatable bonds is 3. The Morgan fingerprint density at radius 2 is 2.06 bits per heavy atom. The molecular weight excluding hydrogens is 219 g/mol. The van der Waals surface area contributed by atoms with E-state index in [-0.39, 0.29) is 11.3 Å². The third-order valence-corrected chi connectivity index (χ3v) is 2.04. The molecule has 2 atom stereocenters. The predicted molar refractivity (Wildman–Crippen MR) is 51.0 cm³/mol. The lowest BCUT2D eigenvalue weighted by molar-refractivity contribution is -0.156. The molecule has 88 valence electrons. The SMILES string of the molecule is COC(=O)C(O)C(O)c1cc(O)ccc1F. The van der Waals surface area contributed by atoms with E-state index < -0.39 is 24.0 Å². The van der Waals surface area contributed by atoms with E-state index >= 15 is 0 Å². The van der Waals surface area contributed by atoms with Crippen LogP contribution in [0.2, 0.25) is 0 Å². The molecule has 0 saturated heterocycles. The fourth-order valence-electron chi connectivity index (χ4n) is 1.18. The molecule has 0 saturated carbocycles. The smallest absolute Gasteiger partial charge is 0.337 e. The van der Waals surface area contributed by atoms with Gasteiger partial charge in [-0.25, -0.2) is 9.18 Å². The Labute approximate surface area is 90.7 Å². The fourth-order valence-corrected chi connectivity index (χ4v) is 1.18. The van der Waals surface area contributed by atoms with Crippen molar-refractivity contribution in [1.29, 1.82) is 0 Å². The highest BCUT2D eigenvalue weighted by atomic mass is 19.1. The molecule has 1 aromatic carbocycles. The second kappa shape index (κ2) is 4.91. The van der Waals surface area contributed by atoms with E-state index in [1.165, 1.54) is 0 Å². The predicted octanol–water partition coefficient (Wildman–Crippen LogP) is 0.0986. The quantitative estimate of drug-likeness (QED) is 0.641. The number of carbonyl (C=O) groups excluding carboxylic acids is 1. The summed E-state index contributed by atoms with van der Waals surface area (Å²) >= 11 is 0. The summed E-state index contributed by atoms with van der Waals surface area (Å²) in [5, 5.41) is 27.9. The molecule has 0 aliphatic carbocycles. The molecule has 0 bridgehead atoms. The van der Waals surface area contributed by atoms with Gasteiger partial charge in [0.25, 0.3) is 0 Å². The van der Waals surface area contributed by atoms with Gasteiger partial charge in [-0.1, -0.05) is 0 Å². The number of aromatic hydroxyl groups is 1. The number of ether oxygens (including phenoxy) is 1.